The van der Waals surface area contributed by atoms with Crippen molar-refractivity contribution >= 4 is 22.7 Å². The molecule has 1 aromatic carbocycles. The quantitative estimate of drug-likeness (QED) is 0.610. The van der Waals surface area contributed by atoms with E-state index in [2.05, 4.69) is 28.5 Å². The molecule has 0 atom stereocenters. The smallest absolute Gasteiger partial charge is 0.255 e. The van der Waals surface area contributed by atoms with Crippen molar-refractivity contribution < 1.29 is 5.11 Å². The van der Waals surface area contributed by atoms with Crippen LogP contribution in [0, 0.1) is 0 Å². The van der Waals surface area contributed by atoms with Crippen LogP contribution in [-0.2, 0) is 13.1 Å². The maximum absolute atomic E-state index is 13.4. The molecule has 5 nitrogen and oxygen atoms in total. The van der Waals surface area contributed by atoms with Crippen LogP contribution < -0.4 is 10.9 Å². The van der Waals surface area contributed by atoms with E-state index in [1.807, 2.05) is 29.0 Å². The molecular weight excluding hydrogens is 382 g/mol. The third-order valence-corrected chi connectivity index (χ3v) is 6.47. The van der Waals surface area contributed by atoms with Crippen molar-refractivity contribution in [1.29, 1.82) is 0 Å². The minimum atomic E-state index is -0.169. The standard InChI is InChI=1S/C23H27N3O2S/c1-29-21-7-2-17-12-18(14-25-19-3-5-20(27)6-4-19)23(28)26(22(17)13-21)15-16-8-10-24-11-9-16/h2,7-13,19-20,25,27H,3-6,14-15H2,1H3. The molecule has 4 rings (SSSR count). The van der Waals surface area contributed by atoms with Crippen molar-refractivity contribution in [3.63, 3.8) is 0 Å². The Bertz CT molecular complexity index is 1030. The highest BCUT2D eigenvalue weighted by atomic mass is 32.2. The average molecular weight is 410 g/mol. The number of thioether (sulfide) groups is 1. The van der Waals surface area contributed by atoms with Gasteiger partial charge in [0.25, 0.3) is 5.56 Å². The highest BCUT2D eigenvalue weighted by Crippen LogP contribution is 2.23. The molecule has 0 spiro atoms. The van der Waals surface area contributed by atoms with Gasteiger partial charge in [0.05, 0.1) is 18.2 Å². The van der Waals surface area contributed by atoms with E-state index in [1.165, 1.54) is 0 Å². The summed E-state index contributed by atoms with van der Waals surface area (Å²) in [6.45, 7) is 1.08. The number of fused-ring (bicyclic) bond motifs is 1. The lowest BCUT2D eigenvalue weighted by Gasteiger charge is -2.26. The van der Waals surface area contributed by atoms with Gasteiger partial charge in [0.1, 0.15) is 0 Å². The third kappa shape index (κ3) is 4.71. The van der Waals surface area contributed by atoms with Crippen LogP contribution in [0.2, 0.25) is 0 Å². The molecule has 0 amide bonds. The number of pyridine rings is 2. The van der Waals surface area contributed by atoms with Gasteiger partial charge in [-0.1, -0.05) is 6.07 Å². The van der Waals surface area contributed by atoms with E-state index in [0.29, 0.717) is 19.1 Å². The van der Waals surface area contributed by atoms with E-state index in [9.17, 15) is 9.90 Å². The van der Waals surface area contributed by atoms with Gasteiger partial charge in [-0.15, -0.1) is 11.8 Å². The second-order valence-corrected chi connectivity index (χ2v) is 8.61. The van der Waals surface area contributed by atoms with E-state index >= 15 is 0 Å². The Morgan fingerprint density at radius 2 is 1.90 bits per heavy atom. The summed E-state index contributed by atoms with van der Waals surface area (Å²) in [5.41, 5.74) is 2.86. The average Bonchev–Trinajstić information content (AvgIpc) is 2.76. The fourth-order valence-electron chi connectivity index (χ4n) is 4.03. The maximum Gasteiger partial charge on any atom is 0.255 e. The van der Waals surface area contributed by atoms with E-state index < -0.39 is 0 Å². The van der Waals surface area contributed by atoms with Crippen LogP contribution in [0.3, 0.4) is 0 Å². The fourth-order valence-corrected chi connectivity index (χ4v) is 4.46. The van der Waals surface area contributed by atoms with Gasteiger partial charge in [0, 0.05) is 35.4 Å². The number of benzene rings is 1. The molecule has 152 valence electrons. The molecule has 0 aliphatic heterocycles. The summed E-state index contributed by atoms with van der Waals surface area (Å²) in [6, 6.07) is 12.6. The third-order valence-electron chi connectivity index (χ3n) is 5.75. The van der Waals surface area contributed by atoms with Crippen molar-refractivity contribution in [1.82, 2.24) is 14.9 Å². The molecule has 0 unspecified atom stereocenters. The molecule has 1 fully saturated rings. The van der Waals surface area contributed by atoms with Crippen LogP contribution in [0.15, 0.2) is 58.5 Å². The molecule has 1 aliphatic rings. The van der Waals surface area contributed by atoms with Crippen molar-refractivity contribution in [2.45, 2.75) is 55.8 Å². The Kier molecular flexibility index (Phi) is 6.33. The van der Waals surface area contributed by atoms with Crippen molar-refractivity contribution in [3.05, 3.63) is 70.3 Å². The summed E-state index contributed by atoms with van der Waals surface area (Å²) >= 11 is 1.68. The molecule has 29 heavy (non-hydrogen) atoms. The molecule has 0 radical (unpaired) electrons. The summed E-state index contributed by atoms with van der Waals surface area (Å²) in [4.78, 5) is 18.6. The Morgan fingerprint density at radius 3 is 2.62 bits per heavy atom. The molecule has 1 saturated carbocycles. The molecule has 0 saturated heterocycles. The largest absolute Gasteiger partial charge is 0.393 e. The van der Waals surface area contributed by atoms with Crippen LogP contribution in [0.25, 0.3) is 10.9 Å². The molecule has 3 aromatic rings. The van der Waals surface area contributed by atoms with Gasteiger partial charge in [-0.2, -0.15) is 0 Å². The Hall–Kier alpha value is -2.15. The van der Waals surface area contributed by atoms with Crippen LogP contribution in [0.4, 0.5) is 0 Å². The van der Waals surface area contributed by atoms with Gasteiger partial charge >= 0.3 is 0 Å². The Morgan fingerprint density at radius 1 is 1.14 bits per heavy atom. The summed E-state index contributed by atoms with van der Waals surface area (Å²) < 4.78 is 1.88. The first kappa shape index (κ1) is 20.1. The van der Waals surface area contributed by atoms with Gasteiger partial charge in [0.2, 0.25) is 0 Å². The number of nitrogens with zero attached hydrogens (tertiary/aromatic N) is 2. The monoisotopic (exact) mass is 409 g/mol. The molecule has 2 aromatic heterocycles. The summed E-state index contributed by atoms with van der Waals surface area (Å²) in [7, 11) is 0. The lowest BCUT2D eigenvalue weighted by molar-refractivity contribution is 0.116. The highest BCUT2D eigenvalue weighted by molar-refractivity contribution is 7.98. The summed E-state index contributed by atoms with van der Waals surface area (Å²) in [5.74, 6) is 0. The van der Waals surface area contributed by atoms with Crippen LogP contribution >= 0.6 is 11.8 Å². The van der Waals surface area contributed by atoms with Crippen LogP contribution in [0.5, 0.6) is 0 Å². The number of rotatable bonds is 6. The predicted octanol–water partition coefficient (Wildman–Crippen LogP) is 3.56. The Labute approximate surface area is 175 Å². The first-order chi connectivity index (χ1) is 14.1. The van der Waals surface area contributed by atoms with Gasteiger partial charge in [-0.05, 0) is 73.2 Å². The first-order valence-corrected chi connectivity index (χ1v) is 11.4. The SMILES string of the molecule is CSc1ccc2cc(CNC3CCC(O)CC3)c(=O)n(Cc3ccncc3)c2c1. The van der Waals surface area contributed by atoms with Gasteiger partial charge in [0.15, 0.2) is 0 Å². The van der Waals surface area contributed by atoms with E-state index in [4.69, 9.17) is 0 Å². The Balaban J connectivity index is 1.67. The lowest BCUT2D eigenvalue weighted by Crippen LogP contribution is -2.36. The second kappa shape index (κ2) is 9.11. The zero-order valence-corrected chi connectivity index (χ0v) is 17.5. The van der Waals surface area contributed by atoms with Crippen molar-refractivity contribution in [3.8, 4) is 0 Å². The molecule has 6 heteroatoms. The van der Waals surface area contributed by atoms with Gasteiger partial charge in [-0.25, -0.2) is 0 Å². The minimum Gasteiger partial charge on any atom is -0.393 e. The number of aliphatic hydroxyl groups excluding tert-OH is 1. The van der Waals surface area contributed by atoms with Crippen LogP contribution in [0.1, 0.15) is 36.8 Å². The minimum absolute atomic E-state index is 0.0518. The zero-order chi connectivity index (χ0) is 20.2. The van der Waals surface area contributed by atoms with E-state index in [-0.39, 0.29) is 11.7 Å². The number of hydrogen-bond acceptors (Lipinski definition) is 5. The molecule has 2 N–H and O–H groups in total. The van der Waals surface area contributed by atoms with Gasteiger partial charge in [-0.3, -0.25) is 9.78 Å². The van der Waals surface area contributed by atoms with E-state index in [0.717, 1.165) is 52.6 Å². The van der Waals surface area contributed by atoms with E-state index in [1.54, 1.807) is 24.2 Å². The number of nitrogens with one attached hydrogen (secondary N) is 1. The summed E-state index contributed by atoms with van der Waals surface area (Å²) in [6.07, 6.45) is 8.98. The number of aliphatic hydroxyl groups is 1. The fraction of sp³-hybridized carbons (Fsp3) is 0.391. The predicted molar refractivity (Wildman–Crippen MR) is 118 cm³/mol. The molecule has 2 heterocycles. The number of aromatic nitrogens is 2. The summed E-state index contributed by atoms with van der Waals surface area (Å²) in [5, 5.41) is 14.3. The molecular formula is C23H27N3O2S. The first-order valence-electron chi connectivity index (χ1n) is 10.1. The van der Waals surface area contributed by atoms with Crippen molar-refractivity contribution in [2.24, 2.45) is 0 Å². The van der Waals surface area contributed by atoms with Gasteiger partial charge < -0.3 is 15.0 Å². The highest BCUT2D eigenvalue weighted by Gasteiger charge is 2.19. The number of hydrogen-bond donors (Lipinski definition) is 2. The molecule has 1 aliphatic carbocycles. The second-order valence-electron chi connectivity index (χ2n) is 7.73. The topological polar surface area (TPSA) is 67.2 Å². The molecule has 0 bridgehead atoms. The van der Waals surface area contributed by atoms with Crippen molar-refractivity contribution in [2.75, 3.05) is 6.26 Å². The maximum atomic E-state index is 13.4. The lowest BCUT2D eigenvalue weighted by atomic mass is 9.93. The normalized spacial score (nSPS) is 19.5. The zero-order valence-electron chi connectivity index (χ0n) is 16.7. The van der Waals surface area contributed by atoms with Crippen LogP contribution in [-0.4, -0.2) is 33.1 Å².